The minimum absolute atomic E-state index is 0.0761. The van der Waals surface area contributed by atoms with E-state index < -0.39 is 13.3 Å². The van der Waals surface area contributed by atoms with Gasteiger partial charge in [-0.15, -0.1) is 0 Å². The van der Waals surface area contributed by atoms with Gasteiger partial charge in [-0.25, -0.2) is 4.79 Å². The Kier molecular flexibility index (Phi) is 8.28. The maximum Gasteiger partial charge on any atom is 0.331 e. The van der Waals surface area contributed by atoms with Crippen LogP contribution in [0.1, 0.15) is 58.8 Å². The summed E-state index contributed by atoms with van der Waals surface area (Å²) in [4.78, 5) is 11.5. The first-order valence-corrected chi connectivity index (χ1v) is 10.2. The molecule has 0 aromatic heterocycles. The number of aliphatic carboxylic acids is 1. The molecule has 1 atom stereocenters. The number of hydrogen-bond acceptors (Lipinski definition) is 3. The summed E-state index contributed by atoms with van der Waals surface area (Å²) in [5.74, 6) is -0.622. The summed E-state index contributed by atoms with van der Waals surface area (Å²) in [6.07, 6.45) is 9.80. The van der Waals surface area contributed by atoms with Crippen molar-refractivity contribution in [2.75, 3.05) is 18.9 Å². The van der Waals surface area contributed by atoms with Crippen LogP contribution >= 0.6 is 7.37 Å². The lowest BCUT2D eigenvalue weighted by Crippen LogP contribution is -2.13. The van der Waals surface area contributed by atoms with E-state index in [1.807, 2.05) is 19.9 Å². The van der Waals surface area contributed by atoms with Gasteiger partial charge in [0.1, 0.15) is 0 Å². The standard InChI is InChI=1S/C16H29O4P/c1-3-5-11-21(19,20-4-2)13-15(16(17)18)12-14-9-7-6-8-10-14/h12,14H,3-11,13H2,1-2H3,(H,17,18)/b15-12-. The third-order valence-electron chi connectivity index (χ3n) is 3.99. The Morgan fingerprint density at radius 1 is 1.29 bits per heavy atom. The van der Waals surface area contributed by atoms with E-state index in [4.69, 9.17) is 4.52 Å². The predicted molar refractivity (Wildman–Crippen MR) is 86.2 cm³/mol. The summed E-state index contributed by atoms with van der Waals surface area (Å²) in [6, 6.07) is 0. The van der Waals surface area contributed by atoms with Gasteiger partial charge >= 0.3 is 5.97 Å². The van der Waals surface area contributed by atoms with Crippen LogP contribution in [0.5, 0.6) is 0 Å². The Morgan fingerprint density at radius 3 is 2.48 bits per heavy atom. The van der Waals surface area contributed by atoms with Crippen molar-refractivity contribution in [2.45, 2.75) is 58.8 Å². The van der Waals surface area contributed by atoms with Crippen molar-refractivity contribution < 1.29 is 19.0 Å². The minimum Gasteiger partial charge on any atom is -0.478 e. The zero-order chi connectivity index (χ0) is 15.7. The van der Waals surface area contributed by atoms with Gasteiger partial charge in [0.05, 0.1) is 12.8 Å². The molecule has 1 fully saturated rings. The van der Waals surface area contributed by atoms with Crippen LogP contribution in [0.4, 0.5) is 0 Å². The summed E-state index contributed by atoms with van der Waals surface area (Å²) in [5, 5.41) is 9.42. The highest BCUT2D eigenvalue weighted by Gasteiger charge is 2.27. The van der Waals surface area contributed by atoms with Crippen LogP contribution in [0, 0.1) is 5.92 Å². The monoisotopic (exact) mass is 316 g/mol. The smallest absolute Gasteiger partial charge is 0.331 e. The number of carbonyl (C=O) groups is 1. The van der Waals surface area contributed by atoms with Crippen molar-refractivity contribution in [3.8, 4) is 0 Å². The van der Waals surface area contributed by atoms with Crippen LogP contribution in [0.25, 0.3) is 0 Å². The van der Waals surface area contributed by atoms with Gasteiger partial charge in [0.2, 0.25) is 7.37 Å². The molecular formula is C16H29O4P. The fourth-order valence-electron chi connectivity index (χ4n) is 2.86. The molecule has 5 heteroatoms. The molecule has 122 valence electrons. The number of rotatable bonds is 9. The fraction of sp³-hybridized carbons (Fsp3) is 0.812. The molecular weight excluding hydrogens is 287 g/mol. The average molecular weight is 316 g/mol. The number of allylic oxidation sites excluding steroid dienone is 1. The molecule has 0 saturated heterocycles. The third-order valence-corrected chi connectivity index (χ3v) is 6.54. The van der Waals surface area contributed by atoms with Gasteiger partial charge in [0.25, 0.3) is 0 Å². The second-order valence-corrected chi connectivity index (χ2v) is 8.51. The molecule has 1 saturated carbocycles. The molecule has 1 unspecified atom stereocenters. The molecule has 0 heterocycles. The predicted octanol–water partition coefficient (Wildman–Crippen LogP) is 4.69. The lowest BCUT2D eigenvalue weighted by Gasteiger charge is -2.21. The zero-order valence-electron chi connectivity index (χ0n) is 13.3. The van der Waals surface area contributed by atoms with Crippen molar-refractivity contribution in [1.29, 1.82) is 0 Å². The zero-order valence-corrected chi connectivity index (χ0v) is 14.2. The van der Waals surface area contributed by atoms with E-state index in [2.05, 4.69) is 0 Å². The molecule has 21 heavy (non-hydrogen) atoms. The highest BCUT2D eigenvalue weighted by atomic mass is 31.2. The lowest BCUT2D eigenvalue weighted by molar-refractivity contribution is -0.132. The van der Waals surface area contributed by atoms with Crippen LogP contribution in [-0.2, 0) is 13.9 Å². The highest BCUT2D eigenvalue weighted by molar-refractivity contribution is 7.59. The lowest BCUT2D eigenvalue weighted by atomic mass is 9.88. The van der Waals surface area contributed by atoms with Crippen LogP contribution in [-0.4, -0.2) is 30.0 Å². The maximum absolute atomic E-state index is 12.8. The van der Waals surface area contributed by atoms with E-state index in [0.717, 1.165) is 38.5 Å². The van der Waals surface area contributed by atoms with Gasteiger partial charge in [0, 0.05) is 11.7 Å². The Bertz CT molecular complexity index is 397. The Hall–Kier alpha value is -0.600. The van der Waals surface area contributed by atoms with E-state index in [9.17, 15) is 14.5 Å². The van der Waals surface area contributed by atoms with Gasteiger partial charge < -0.3 is 9.63 Å². The molecule has 0 amide bonds. The molecule has 0 radical (unpaired) electrons. The molecule has 1 N–H and O–H groups in total. The van der Waals surface area contributed by atoms with E-state index in [-0.39, 0.29) is 11.7 Å². The van der Waals surface area contributed by atoms with Gasteiger partial charge in [-0.3, -0.25) is 4.57 Å². The van der Waals surface area contributed by atoms with Crippen LogP contribution < -0.4 is 0 Å². The molecule has 0 aromatic rings. The molecule has 0 spiro atoms. The van der Waals surface area contributed by atoms with Crippen molar-refractivity contribution >= 4 is 13.3 Å². The first kappa shape index (κ1) is 18.4. The molecule has 1 rings (SSSR count). The number of carboxylic acid groups (broad SMARTS) is 1. The number of hydrogen-bond donors (Lipinski definition) is 1. The van der Waals surface area contributed by atoms with Crippen molar-refractivity contribution in [1.82, 2.24) is 0 Å². The van der Waals surface area contributed by atoms with Crippen molar-refractivity contribution in [2.24, 2.45) is 5.92 Å². The first-order valence-electron chi connectivity index (χ1n) is 8.17. The van der Waals surface area contributed by atoms with Crippen LogP contribution in [0.2, 0.25) is 0 Å². The van der Waals surface area contributed by atoms with E-state index >= 15 is 0 Å². The second kappa shape index (κ2) is 9.42. The summed E-state index contributed by atoms with van der Waals surface area (Å²) >= 11 is 0. The largest absolute Gasteiger partial charge is 0.478 e. The molecule has 0 aromatic carbocycles. The number of unbranched alkanes of at least 4 members (excludes halogenated alkanes) is 1. The minimum atomic E-state index is -2.86. The Balaban J connectivity index is 2.80. The normalized spacial score (nSPS) is 20.2. The Morgan fingerprint density at radius 2 is 1.95 bits per heavy atom. The van der Waals surface area contributed by atoms with E-state index in [0.29, 0.717) is 18.7 Å². The maximum atomic E-state index is 12.8. The second-order valence-electron chi connectivity index (χ2n) is 5.86. The SMILES string of the molecule is CCCCP(=O)(C/C(=C/C1CCCCC1)C(=O)O)OCC. The molecule has 0 aliphatic heterocycles. The van der Waals surface area contributed by atoms with Gasteiger partial charge in [-0.05, 0) is 32.1 Å². The van der Waals surface area contributed by atoms with Crippen LogP contribution in [0.3, 0.4) is 0 Å². The summed E-state index contributed by atoms with van der Waals surface area (Å²) < 4.78 is 18.3. The quantitative estimate of drug-likeness (QED) is 0.495. The van der Waals surface area contributed by atoms with E-state index in [1.165, 1.54) is 6.42 Å². The molecule has 1 aliphatic rings. The first-order chi connectivity index (χ1) is 10.0. The topological polar surface area (TPSA) is 63.6 Å². The Labute approximate surface area is 128 Å². The van der Waals surface area contributed by atoms with E-state index in [1.54, 1.807) is 0 Å². The summed E-state index contributed by atoms with van der Waals surface area (Å²) in [7, 11) is -2.86. The van der Waals surface area contributed by atoms with Gasteiger partial charge in [-0.1, -0.05) is 38.7 Å². The summed E-state index contributed by atoms with van der Waals surface area (Å²) in [6.45, 7) is 4.22. The van der Waals surface area contributed by atoms with Gasteiger partial charge in [-0.2, -0.15) is 0 Å². The van der Waals surface area contributed by atoms with Crippen molar-refractivity contribution in [3.63, 3.8) is 0 Å². The van der Waals surface area contributed by atoms with Gasteiger partial charge in [0.15, 0.2) is 0 Å². The van der Waals surface area contributed by atoms with Crippen molar-refractivity contribution in [3.05, 3.63) is 11.6 Å². The molecule has 0 bridgehead atoms. The van der Waals surface area contributed by atoms with Crippen LogP contribution in [0.15, 0.2) is 11.6 Å². The summed E-state index contributed by atoms with van der Waals surface area (Å²) in [5.41, 5.74) is 0.287. The molecule has 1 aliphatic carbocycles. The average Bonchev–Trinajstić information content (AvgIpc) is 2.46. The molecule has 4 nitrogen and oxygen atoms in total. The number of carboxylic acids is 1. The third kappa shape index (κ3) is 6.80. The fourth-order valence-corrected chi connectivity index (χ4v) is 5.27. The highest BCUT2D eigenvalue weighted by Crippen LogP contribution is 2.49.